The maximum absolute atomic E-state index is 15.4. The third kappa shape index (κ3) is 5.24. The van der Waals surface area contributed by atoms with Crippen LogP contribution in [0.5, 0.6) is 0 Å². The van der Waals surface area contributed by atoms with Crippen LogP contribution in [-0.2, 0) is 9.47 Å². The number of rotatable bonds is 4. The lowest BCUT2D eigenvalue weighted by Gasteiger charge is -2.59. The molecule has 4 aliphatic carbocycles. The van der Waals surface area contributed by atoms with Crippen LogP contribution in [0.2, 0.25) is 0 Å². The van der Waals surface area contributed by atoms with E-state index >= 15 is 8.78 Å². The van der Waals surface area contributed by atoms with E-state index in [2.05, 4.69) is 18.8 Å². The summed E-state index contributed by atoms with van der Waals surface area (Å²) in [4.78, 5) is 4.45. The number of allylic oxidation sites excluding steroid dienone is 1. The zero-order valence-corrected chi connectivity index (χ0v) is 28.6. The van der Waals surface area contributed by atoms with Crippen molar-refractivity contribution in [3.05, 3.63) is 62.6 Å². The molecule has 4 fully saturated rings. The quantitative estimate of drug-likeness (QED) is 0.247. The lowest BCUT2D eigenvalue weighted by molar-refractivity contribution is -0.362. The maximum Gasteiger partial charge on any atom is 0.456 e. The average molecular weight is 694 g/mol. The SMILES string of the molecule is Cc1nc(C=Cc2ccc([C@H]3C[C@@]4(C)[C@@H](CC[C@@]4(O)C(F)(F)C(F)(F)F)[C@@H]4CC[C@@]5(O)CC6(CCC5=C43)OCC(C)(C)CO6)cc2)cs1. The molecule has 2 aromatic rings. The van der Waals surface area contributed by atoms with E-state index in [9.17, 15) is 23.4 Å². The minimum atomic E-state index is -5.89. The largest absolute Gasteiger partial charge is 0.456 e. The van der Waals surface area contributed by atoms with E-state index < -0.39 is 52.8 Å². The van der Waals surface area contributed by atoms with Crippen LogP contribution < -0.4 is 0 Å². The van der Waals surface area contributed by atoms with Gasteiger partial charge in [-0.2, -0.15) is 22.0 Å². The van der Waals surface area contributed by atoms with Gasteiger partial charge in [0.2, 0.25) is 0 Å². The van der Waals surface area contributed by atoms with Gasteiger partial charge in [0.1, 0.15) is 5.60 Å². The van der Waals surface area contributed by atoms with Gasteiger partial charge < -0.3 is 19.7 Å². The molecule has 1 saturated heterocycles. The predicted molar refractivity (Wildman–Crippen MR) is 173 cm³/mol. The Hall–Kier alpha value is -2.18. The molecule has 262 valence electrons. The number of halogens is 5. The van der Waals surface area contributed by atoms with Crippen molar-refractivity contribution in [2.24, 2.45) is 22.7 Å². The monoisotopic (exact) mass is 693 g/mol. The van der Waals surface area contributed by atoms with E-state index in [0.717, 1.165) is 33.0 Å². The molecule has 2 N–H and O–H groups in total. The Morgan fingerprint density at radius 1 is 0.938 bits per heavy atom. The molecule has 6 atom stereocenters. The number of nitrogens with zero attached hydrogens (tertiary/aromatic N) is 1. The molecule has 7 rings (SSSR count). The number of benzene rings is 1. The van der Waals surface area contributed by atoms with Gasteiger partial charge in [0.05, 0.1) is 29.5 Å². The van der Waals surface area contributed by atoms with Crippen LogP contribution in [-0.4, -0.2) is 57.5 Å². The van der Waals surface area contributed by atoms with E-state index in [1.807, 2.05) is 48.7 Å². The summed E-state index contributed by atoms with van der Waals surface area (Å²) in [6.07, 6.45) is -0.787. The fraction of sp³-hybridized carbons (Fsp3) is 0.649. The molecule has 1 aromatic carbocycles. The van der Waals surface area contributed by atoms with Crippen molar-refractivity contribution in [2.75, 3.05) is 13.2 Å². The van der Waals surface area contributed by atoms with Gasteiger partial charge >= 0.3 is 12.1 Å². The number of thiazole rings is 1. The molecule has 0 bridgehead atoms. The summed E-state index contributed by atoms with van der Waals surface area (Å²) in [5, 5.41) is 26.9. The van der Waals surface area contributed by atoms with Gasteiger partial charge in [-0.15, -0.1) is 11.3 Å². The second kappa shape index (κ2) is 11.2. The van der Waals surface area contributed by atoms with Crippen molar-refractivity contribution in [1.82, 2.24) is 4.98 Å². The minimum absolute atomic E-state index is 0.0519. The first-order valence-corrected chi connectivity index (χ1v) is 17.8. The summed E-state index contributed by atoms with van der Waals surface area (Å²) in [5.74, 6) is -7.71. The fourth-order valence-electron chi connectivity index (χ4n) is 9.78. The third-order valence-corrected chi connectivity index (χ3v) is 13.1. The summed E-state index contributed by atoms with van der Waals surface area (Å²) in [7, 11) is 0. The van der Waals surface area contributed by atoms with Crippen LogP contribution in [0.3, 0.4) is 0 Å². The molecule has 5 aliphatic rings. The van der Waals surface area contributed by atoms with Crippen molar-refractivity contribution in [3.63, 3.8) is 0 Å². The Kier molecular flexibility index (Phi) is 7.97. The molecule has 1 aliphatic heterocycles. The average Bonchev–Trinajstić information content (AvgIpc) is 3.56. The highest BCUT2D eigenvalue weighted by Gasteiger charge is 2.79. The maximum atomic E-state index is 15.4. The molecular formula is C37H44F5NO4S. The summed E-state index contributed by atoms with van der Waals surface area (Å²) < 4.78 is 85.3. The first kappa shape index (κ1) is 34.3. The van der Waals surface area contributed by atoms with Crippen LogP contribution in [0, 0.1) is 29.6 Å². The van der Waals surface area contributed by atoms with Gasteiger partial charge in [-0.05, 0) is 80.1 Å². The Morgan fingerprint density at radius 3 is 2.25 bits per heavy atom. The normalized spacial score (nSPS) is 36.3. The van der Waals surface area contributed by atoms with Gasteiger partial charge in [-0.1, -0.05) is 56.7 Å². The van der Waals surface area contributed by atoms with E-state index in [-0.39, 0.29) is 30.6 Å². The van der Waals surface area contributed by atoms with Crippen LogP contribution in [0.4, 0.5) is 22.0 Å². The Bertz CT molecular complexity index is 1620. The molecule has 1 aromatic heterocycles. The Labute approximate surface area is 282 Å². The van der Waals surface area contributed by atoms with Gasteiger partial charge in [0.25, 0.3) is 0 Å². The molecule has 0 unspecified atom stereocenters. The van der Waals surface area contributed by atoms with E-state index in [0.29, 0.717) is 38.9 Å². The van der Waals surface area contributed by atoms with Crippen molar-refractivity contribution >= 4 is 23.5 Å². The van der Waals surface area contributed by atoms with Crippen LogP contribution in [0.25, 0.3) is 12.2 Å². The van der Waals surface area contributed by atoms with Crippen molar-refractivity contribution < 1.29 is 41.6 Å². The Morgan fingerprint density at radius 2 is 1.62 bits per heavy atom. The second-order valence-corrected chi connectivity index (χ2v) is 17.0. The molecule has 0 amide bonds. The van der Waals surface area contributed by atoms with Gasteiger partial charge in [0.15, 0.2) is 5.79 Å². The number of hydrogen-bond acceptors (Lipinski definition) is 6. The molecule has 48 heavy (non-hydrogen) atoms. The van der Waals surface area contributed by atoms with Crippen LogP contribution in [0.15, 0.2) is 40.8 Å². The number of aryl methyl sites for hydroxylation is 1. The lowest BCUT2D eigenvalue weighted by atomic mass is 9.49. The summed E-state index contributed by atoms with van der Waals surface area (Å²) in [5.41, 5.74) is -2.12. The fourth-order valence-corrected chi connectivity index (χ4v) is 10.4. The zero-order chi connectivity index (χ0) is 34.5. The van der Waals surface area contributed by atoms with Gasteiger partial charge in [-0.25, -0.2) is 4.98 Å². The highest BCUT2D eigenvalue weighted by Crippen LogP contribution is 2.71. The molecule has 1 spiro atoms. The molecule has 3 saturated carbocycles. The number of hydrogen-bond donors (Lipinski definition) is 2. The predicted octanol–water partition coefficient (Wildman–Crippen LogP) is 8.85. The van der Waals surface area contributed by atoms with E-state index in [1.54, 1.807) is 11.3 Å². The highest BCUT2D eigenvalue weighted by molar-refractivity contribution is 7.09. The number of aliphatic hydroxyl groups is 2. The van der Waals surface area contributed by atoms with Crippen molar-refractivity contribution in [2.45, 2.75) is 114 Å². The molecule has 0 radical (unpaired) electrons. The van der Waals surface area contributed by atoms with Gasteiger partial charge in [0, 0.05) is 35.0 Å². The summed E-state index contributed by atoms with van der Waals surface area (Å²) in [6, 6.07) is 7.60. The third-order valence-electron chi connectivity index (χ3n) is 12.3. The number of aromatic nitrogens is 1. The van der Waals surface area contributed by atoms with E-state index in [1.165, 1.54) is 6.92 Å². The van der Waals surface area contributed by atoms with Crippen LogP contribution >= 0.6 is 11.3 Å². The lowest BCUT2D eigenvalue weighted by Crippen LogP contribution is -2.65. The molecule has 5 nitrogen and oxygen atoms in total. The Balaban J connectivity index is 1.30. The first-order chi connectivity index (χ1) is 22.3. The van der Waals surface area contributed by atoms with E-state index in [4.69, 9.17) is 9.47 Å². The summed E-state index contributed by atoms with van der Waals surface area (Å²) in [6.45, 7) is 8.48. The zero-order valence-electron chi connectivity index (χ0n) is 27.8. The van der Waals surface area contributed by atoms with Crippen LogP contribution in [0.1, 0.15) is 99.9 Å². The number of ether oxygens (including phenoxy) is 2. The molecule has 11 heteroatoms. The highest BCUT2D eigenvalue weighted by atomic mass is 32.1. The molecular weight excluding hydrogens is 649 g/mol. The standard InChI is InChI=1S/C37H44F5NO4S/c1-22-43-25(18-48-22)10-7-23-5-8-24(9-6-23)27-17-32(4)28(13-16-35(32,45)36(38,39)37(40,41)42)26-11-14-33(44)19-34(15-12-29(33)30(26)27)46-20-31(2,3)21-47-34/h5-10,18,26-28,44-45H,11-17,19-21H2,1-4H3/t26-,27+,28-,32-,33+,35-/m0/s1. The topological polar surface area (TPSA) is 71.8 Å². The first-order valence-electron chi connectivity index (χ1n) is 16.9. The summed E-state index contributed by atoms with van der Waals surface area (Å²) >= 11 is 1.55. The minimum Gasteiger partial charge on any atom is -0.385 e. The smallest absolute Gasteiger partial charge is 0.385 e. The van der Waals surface area contributed by atoms with Crippen molar-refractivity contribution in [1.29, 1.82) is 0 Å². The number of alkyl halides is 5. The van der Waals surface area contributed by atoms with Gasteiger partial charge in [-0.3, -0.25) is 0 Å². The second-order valence-electron chi connectivity index (χ2n) is 16.0. The number of fused-ring (bicyclic) bond motifs is 4. The van der Waals surface area contributed by atoms with Crippen molar-refractivity contribution in [3.8, 4) is 0 Å². The molecule has 2 heterocycles.